The standard InChI is InChI=1S/C17H15O2.C9H13.C2H6Si.Zr/c1-18-14-9-13(10-15(11-14)19-2)17-8-7-12-5-3-4-6-16(12)17;1-6-5-7(2)9(4)8(6)3;1-3-2;/h3-11H,1-2H3;6H,1-4H3;1-2H3;. The normalized spacial score (nSPS) is 19.8. The van der Waals surface area contributed by atoms with Gasteiger partial charge in [-0.2, -0.15) is 0 Å². The molecule has 4 heteroatoms. The second kappa shape index (κ2) is 9.31. The summed E-state index contributed by atoms with van der Waals surface area (Å²) < 4.78 is 13.6. The van der Waals surface area contributed by atoms with Crippen LogP contribution < -0.4 is 9.47 Å². The van der Waals surface area contributed by atoms with Crippen LogP contribution in [0, 0.1) is 5.92 Å². The Morgan fingerprint density at radius 2 is 1.50 bits per heavy atom. The second-order valence-electron chi connectivity index (χ2n) is 9.23. The van der Waals surface area contributed by atoms with Gasteiger partial charge in [0.05, 0.1) is 0 Å². The van der Waals surface area contributed by atoms with Crippen LogP contribution in [0.1, 0.15) is 48.0 Å². The molecule has 0 heterocycles. The van der Waals surface area contributed by atoms with Gasteiger partial charge in [-0.15, -0.1) is 0 Å². The van der Waals surface area contributed by atoms with Crippen molar-refractivity contribution in [3.05, 3.63) is 85.2 Å². The molecule has 0 saturated carbocycles. The first-order valence-corrected chi connectivity index (χ1v) is 20.2. The fraction of sp³-hybridized carbons (Fsp3) is 0.357. The van der Waals surface area contributed by atoms with Gasteiger partial charge in [0.25, 0.3) is 0 Å². The molecule has 0 saturated heterocycles. The van der Waals surface area contributed by atoms with Gasteiger partial charge in [0.2, 0.25) is 0 Å². The SMILES string of the molecule is COc1cc(OC)cc(C2=C[CH]([Zr]([C]3=C(C)C(C)=C(C)C3C)=[Si](C)C)c3ccccc32)c1. The van der Waals surface area contributed by atoms with E-state index in [0.717, 1.165) is 11.5 Å². The molecule has 2 aliphatic rings. The molecule has 0 fully saturated rings. The molecule has 2 aromatic carbocycles. The average molecular weight is 522 g/mol. The monoisotopic (exact) mass is 520 g/mol. The minimum atomic E-state index is -1.99. The third-order valence-electron chi connectivity index (χ3n) is 7.36. The third-order valence-corrected chi connectivity index (χ3v) is 25.9. The second-order valence-corrected chi connectivity index (χ2v) is 26.7. The topological polar surface area (TPSA) is 18.5 Å². The molecule has 2 unspecified atom stereocenters. The zero-order valence-corrected chi connectivity index (χ0v) is 24.0. The summed E-state index contributed by atoms with van der Waals surface area (Å²) >= 11 is -1.99. The molecule has 0 N–H and O–H groups in total. The zero-order valence-electron chi connectivity index (χ0n) is 20.6. The van der Waals surface area contributed by atoms with Gasteiger partial charge in [-0.1, -0.05) is 0 Å². The van der Waals surface area contributed by atoms with E-state index in [4.69, 9.17) is 9.47 Å². The number of ether oxygens (including phenoxy) is 2. The van der Waals surface area contributed by atoms with Crippen molar-refractivity contribution in [2.75, 3.05) is 14.2 Å². The van der Waals surface area contributed by atoms with E-state index in [1.54, 1.807) is 36.5 Å². The Kier molecular flexibility index (Phi) is 6.84. The van der Waals surface area contributed by atoms with E-state index in [9.17, 15) is 0 Å². The summed E-state index contributed by atoms with van der Waals surface area (Å²) in [5.74, 6) is 2.30. The summed E-state index contributed by atoms with van der Waals surface area (Å²) in [6.07, 6.45) is 2.61. The molecule has 0 aromatic heterocycles. The van der Waals surface area contributed by atoms with Gasteiger partial charge >= 0.3 is 202 Å². The van der Waals surface area contributed by atoms with Gasteiger partial charge in [0.15, 0.2) is 0 Å². The van der Waals surface area contributed by atoms with E-state index >= 15 is 0 Å². The maximum absolute atomic E-state index is 5.59. The molecule has 0 aliphatic heterocycles. The molecule has 2 aromatic rings. The van der Waals surface area contributed by atoms with E-state index in [1.165, 1.54) is 16.7 Å². The molecular formula is C28H34O2SiZr. The minimum absolute atomic E-state index is 0.404. The van der Waals surface area contributed by atoms with Crippen molar-refractivity contribution in [3.8, 4) is 11.5 Å². The summed E-state index contributed by atoms with van der Waals surface area (Å²) in [6.45, 7) is 14.7. The third kappa shape index (κ3) is 3.94. The Balaban J connectivity index is 1.91. The summed E-state index contributed by atoms with van der Waals surface area (Å²) in [4.78, 5) is 0. The number of rotatable bonds is 5. The fourth-order valence-electron chi connectivity index (χ4n) is 5.36. The molecule has 2 atom stereocenters. The first-order chi connectivity index (χ1) is 15.3. The van der Waals surface area contributed by atoms with Gasteiger partial charge in [-0.05, 0) is 0 Å². The van der Waals surface area contributed by atoms with E-state index in [-0.39, 0.29) is 0 Å². The van der Waals surface area contributed by atoms with E-state index in [0.29, 0.717) is 9.54 Å². The van der Waals surface area contributed by atoms with Gasteiger partial charge in [0, 0.05) is 0 Å². The van der Waals surface area contributed by atoms with Gasteiger partial charge < -0.3 is 0 Å². The van der Waals surface area contributed by atoms with Crippen LogP contribution in [-0.2, 0) is 20.4 Å². The summed E-state index contributed by atoms with van der Waals surface area (Å²) in [5.41, 5.74) is 9.80. The van der Waals surface area contributed by atoms with Crippen LogP contribution in [0.5, 0.6) is 11.5 Å². The Morgan fingerprint density at radius 1 is 0.875 bits per heavy atom. The van der Waals surface area contributed by atoms with Crippen molar-refractivity contribution in [1.29, 1.82) is 0 Å². The van der Waals surface area contributed by atoms with Crippen LogP contribution in [0.15, 0.2) is 68.5 Å². The van der Waals surface area contributed by atoms with Crippen LogP contribution in [0.2, 0.25) is 13.1 Å². The molecule has 2 nitrogen and oxygen atoms in total. The molecule has 0 radical (unpaired) electrons. The number of benzene rings is 2. The van der Waals surface area contributed by atoms with Gasteiger partial charge in [-0.3, -0.25) is 0 Å². The van der Waals surface area contributed by atoms with Crippen molar-refractivity contribution in [3.63, 3.8) is 0 Å². The molecule has 0 amide bonds. The van der Waals surface area contributed by atoms with Crippen LogP contribution in [-0.4, -0.2) is 19.7 Å². The van der Waals surface area contributed by atoms with Crippen molar-refractivity contribution in [2.45, 2.75) is 44.4 Å². The Morgan fingerprint density at radius 3 is 2.03 bits per heavy atom. The van der Waals surface area contributed by atoms with Crippen molar-refractivity contribution >= 4 is 11.0 Å². The Hall–Kier alpha value is -1.64. The zero-order chi connectivity index (χ0) is 23.2. The number of methoxy groups -OCH3 is 2. The van der Waals surface area contributed by atoms with Crippen molar-refractivity contribution < 1.29 is 29.8 Å². The average Bonchev–Trinajstić information content (AvgIpc) is 3.26. The van der Waals surface area contributed by atoms with E-state index in [2.05, 4.69) is 83.3 Å². The number of hydrogen-bond donors (Lipinski definition) is 0. The number of allylic oxidation sites excluding steroid dienone is 5. The first-order valence-electron chi connectivity index (χ1n) is 11.4. The molecule has 166 valence electrons. The molecule has 0 bridgehead atoms. The molecular weight excluding hydrogens is 488 g/mol. The van der Waals surface area contributed by atoms with Crippen LogP contribution >= 0.6 is 0 Å². The number of fused-ring (bicyclic) bond motifs is 1. The molecule has 4 rings (SSSR count). The molecule has 32 heavy (non-hydrogen) atoms. The summed E-state index contributed by atoms with van der Waals surface area (Å²) in [5, 5.41) is 0. The van der Waals surface area contributed by atoms with Crippen LogP contribution in [0.4, 0.5) is 0 Å². The van der Waals surface area contributed by atoms with Crippen molar-refractivity contribution in [1.82, 2.24) is 0 Å². The molecule has 0 spiro atoms. The Labute approximate surface area is 201 Å². The van der Waals surface area contributed by atoms with Crippen molar-refractivity contribution in [2.24, 2.45) is 5.92 Å². The van der Waals surface area contributed by atoms with Gasteiger partial charge in [0.1, 0.15) is 0 Å². The molecule has 2 aliphatic carbocycles. The predicted octanol–water partition coefficient (Wildman–Crippen LogP) is 7.32. The first kappa shape index (κ1) is 23.5. The quantitative estimate of drug-likeness (QED) is 0.384. The number of hydrogen-bond acceptors (Lipinski definition) is 2. The van der Waals surface area contributed by atoms with Crippen LogP contribution in [0.3, 0.4) is 0 Å². The van der Waals surface area contributed by atoms with E-state index in [1.807, 2.05) is 9.35 Å². The predicted molar refractivity (Wildman–Crippen MR) is 134 cm³/mol. The fourth-order valence-corrected chi connectivity index (χ4v) is 25.0. The van der Waals surface area contributed by atoms with Gasteiger partial charge in [-0.25, -0.2) is 0 Å². The van der Waals surface area contributed by atoms with Crippen LogP contribution in [0.25, 0.3) is 5.57 Å². The Bertz CT molecular complexity index is 1190. The maximum atomic E-state index is 5.59. The van der Waals surface area contributed by atoms with E-state index < -0.39 is 25.8 Å². The summed E-state index contributed by atoms with van der Waals surface area (Å²) in [7, 11) is 3.45. The summed E-state index contributed by atoms with van der Waals surface area (Å²) in [6, 6.07) is 15.3.